The number of hydrogen-bond donors (Lipinski definition) is 2. The number of hydrogen-bond acceptors (Lipinski definition) is 7. The number of ether oxygens (including phenoxy) is 3. The highest BCUT2D eigenvalue weighted by atomic mass is 16.6. The van der Waals surface area contributed by atoms with Gasteiger partial charge in [0.05, 0.1) is 18.8 Å². The fourth-order valence-corrected chi connectivity index (χ4v) is 2.84. The number of anilines is 1. The van der Waals surface area contributed by atoms with Gasteiger partial charge in [-0.25, -0.2) is 4.79 Å². The second kappa shape index (κ2) is 8.94. The van der Waals surface area contributed by atoms with E-state index in [1.54, 1.807) is 12.3 Å². The lowest BCUT2D eigenvalue weighted by Crippen LogP contribution is -2.39. The maximum atomic E-state index is 12.4. The third-order valence-corrected chi connectivity index (χ3v) is 3.87. The summed E-state index contributed by atoms with van der Waals surface area (Å²) in [6, 6.07) is 1.85. The van der Waals surface area contributed by atoms with Crippen LogP contribution in [0.25, 0.3) is 0 Å². The second-order valence-corrected chi connectivity index (χ2v) is 7.39. The molecule has 0 radical (unpaired) electrons. The molecule has 1 aromatic rings. The molecule has 2 N–H and O–H groups in total. The molecule has 8 heteroatoms. The first kappa shape index (κ1) is 20.8. The van der Waals surface area contributed by atoms with Gasteiger partial charge in [0, 0.05) is 12.2 Å². The molecule has 0 spiro atoms. The highest BCUT2D eigenvalue weighted by Crippen LogP contribution is 2.31. The average Bonchev–Trinajstić information content (AvgIpc) is 2.81. The Balaban J connectivity index is 2.21. The molecule has 4 atom stereocenters. The van der Waals surface area contributed by atoms with Crippen molar-refractivity contribution in [1.82, 2.24) is 9.55 Å². The lowest BCUT2D eigenvalue weighted by molar-refractivity contribution is -0.0979. The summed E-state index contributed by atoms with van der Waals surface area (Å²) in [6.45, 7) is 11.8. The van der Waals surface area contributed by atoms with Crippen molar-refractivity contribution in [3.05, 3.63) is 22.7 Å². The van der Waals surface area contributed by atoms with Crippen LogP contribution in [-0.4, -0.2) is 57.8 Å². The fourth-order valence-electron chi connectivity index (χ4n) is 2.84. The van der Waals surface area contributed by atoms with Gasteiger partial charge in [-0.3, -0.25) is 4.57 Å². The maximum absolute atomic E-state index is 12.4. The first-order chi connectivity index (χ1) is 12.2. The van der Waals surface area contributed by atoms with Crippen molar-refractivity contribution in [3.63, 3.8) is 0 Å². The van der Waals surface area contributed by atoms with Crippen molar-refractivity contribution in [2.75, 3.05) is 11.9 Å². The molecule has 0 amide bonds. The summed E-state index contributed by atoms with van der Waals surface area (Å²) in [5.41, 5.74) is -0.492. The van der Waals surface area contributed by atoms with Gasteiger partial charge >= 0.3 is 5.69 Å². The van der Waals surface area contributed by atoms with Crippen LogP contribution in [0.2, 0.25) is 0 Å². The summed E-state index contributed by atoms with van der Waals surface area (Å²) < 4.78 is 18.7. The van der Waals surface area contributed by atoms with Crippen LogP contribution in [0.1, 0.15) is 47.8 Å². The van der Waals surface area contributed by atoms with Crippen molar-refractivity contribution < 1.29 is 19.3 Å². The molecule has 148 valence electrons. The van der Waals surface area contributed by atoms with E-state index in [1.807, 2.05) is 41.5 Å². The molecular weight excluding hydrogens is 338 g/mol. The maximum Gasteiger partial charge on any atom is 0.351 e. The van der Waals surface area contributed by atoms with Crippen LogP contribution in [0.4, 0.5) is 5.82 Å². The number of aliphatic hydroxyl groups excluding tert-OH is 1. The Labute approximate surface area is 154 Å². The van der Waals surface area contributed by atoms with E-state index in [2.05, 4.69) is 10.3 Å². The van der Waals surface area contributed by atoms with E-state index in [9.17, 15) is 9.90 Å². The third kappa shape index (κ3) is 5.26. The SMILES string of the molecule is CC(C)Nc1ccn([C@@H]2O[C@H](COC(C)C)C(OC(C)C)C2O)c(=O)n1. The summed E-state index contributed by atoms with van der Waals surface area (Å²) in [5.74, 6) is 0.489. The molecule has 1 aromatic heterocycles. The van der Waals surface area contributed by atoms with Gasteiger partial charge in [0.25, 0.3) is 0 Å². The Bertz CT molecular complexity index is 631. The van der Waals surface area contributed by atoms with Crippen molar-refractivity contribution in [1.29, 1.82) is 0 Å². The number of rotatable bonds is 8. The smallest absolute Gasteiger partial charge is 0.351 e. The van der Waals surface area contributed by atoms with Gasteiger partial charge in [0.2, 0.25) is 0 Å². The predicted octanol–water partition coefficient (Wildman–Crippen LogP) is 1.54. The third-order valence-electron chi connectivity index (χ3n) is 3.87. The van der Waals surface area contributed by atoms with E-state index in [4.69, 9.17) is 14.2 Å². The lowest BCUT2D eigenvalue weighted by atomic mass is 10.1. The van der Waals surface area contributed by atoms with Crippen LogP contribution in [-0.2, 0) is 14.2 Å². The molecular formula is C18H31N3O5. The molecule has 2 rings (SSSR count). The normalized spacial score (nSPS) is 26.2. The van der Waals surface area contributed by atoms with Crippen LogP contribution >= 0.6 is 0 Å². The van der Waals surface area contributed by atoms with Crippen LogP contribution in [0, 0.1) is 0 Å². The zero-order chi connectivity index (χ0) is 19.4. The van der Waals surface area contributed by atoms with Crippen LogP contribution in [0.5, 0.6) is 0 Å². The van der Waals surface area contributed by atoms with Crippen molar-refractivity contribution >= 4 is 5.82 Å². The molecule has 1 aliphatic rings. The number of nitrogens with zero attached hydrogens (tertiary/aromatic N) is 2. The largest absolute Gasteiger partial charge is 0.386 e. The minimum Gasteiger partial charge on any atom is -0.386 e. The Kier molecular flexibility index (Phi) is 7.16. The summed E-state index contributed by atoms with van der Waals surface area (Å²) in [5, 5.41) is 13.8. The van der Waals surface area contributed by atoms with E-state index >= 15 is 0 Å². The highest BCUT2D eigenvalue weighted by Gasteiger charge is 2.46. The number of nitrogens with one attached hydrogen (secondary N) is 1. The van der Waals surface area contributed by atoms with Crippen LogP contribution < -0.4 is 11.0 Å². The van der Waals surface area contributed by atoms with Gasteiger partial charge in [-0.15, -0.1) is 0 Å². The Hall–Kier alpha value is -1.48. The van der Waals surface area contributed by atoms with Crippen LogP contribution in [0.15, 0.2) is 17.1 Å². The molecule has 2 unspecified atom stereocenters. The molecule has 0 saturated carbocycles. The molecule has 0 aliphatic carbocycles. The van der Waals surface area contributed by atoms with E-state index in [1.165, 1.54) is 4.57 Å². The van der Waals surface area contributed by atoms with E-state index in [-0.39, 0.29) is 24.9 Å². The Morgan fingerprint density at radius 3 is 2.50 bits per heavy atom. The first-order valence-electron chi connectivity index (χ1n) is 9.15. The molecule has 1 fully saturated rings. The standard InChI is InChI=1S/C18H31N3O5/c1-10(2)19-14-7-8-21(18(23)20-14)17-15(22)16(25-12(5)6)13(26-17)9-24-11(3)4/h7-8,10-13,15-17,22H,9H2,1-6H3,(H,19,20,23)/t13-,15?,16?,17-/m1/s1. The van der Waals surface area contributed by atoms with Gasteiger partial charge < -0.3 is 24.6 Å². The minimum absolute atomic E-state index is 0.0280. The van der Waals surface area contributed by atoms with Gasteiger partial charge in [-0.1, -0.05) is 0 Å². The quantitative estimate of drug-likeness (QED) is 0.718. The van der Waals surface area contributed by atoms with Crippen LogP contribution in [0.3, 0.4) is 0 Å². The predicted molar refractivity (Wildman–Crippen MR) is 98.3 cm³/mol. The molecule has 1 aliphatic heterocycles. The summed E-state index contributed by atoms with van der Waals surface area (Å²) in [7, 11) is 0. The fraction of sp³-hybridized carbons (Fsp3) is 0.778. The minimum atomic E-state index is -0.999. The van der Waals surface area contributed by atoms with Crippen molar-refractivity contribution in [3.8, 4) is 0 Å². The monoisotopic (exact) mass is 369 g/mol. The first-order valence-corrected chi connectivity index (χ1v) is 9.15. The molecule has 26 heavy (non-hydrogen) atoms. The van der Waals surface area contributed by atoms with E-state index < -0.39 is 30.2 Å². The van der Waals surface area contributed by atoms with E-state index in [0.717, 1.165) is 0 Å². The number of aliphatic hydroxyl groups is 1. The van der Waals surface area contributed by atoms with Gasteiger partial charge in [-0.2, -0.15) is 4.98 Å². The second-order valence-electron chi connectivity index (χ2n) is 7.39. The Morgan fingerprint density at radius 2 is 1.96 bits per heavy atom. The van der Waals surface area contributed by atoms with Gasteiger partial charge in [-0.05, 0) is 47.6 Å². The number of aromatic nitrogens is 2. The zero-order valence-electron chi connectivity index (χ0n) is 16.4. The highest BCUT2D eigenvalue weighted by molar-refractivity contribution is 5.32. The van der Waals surface area contributed by atoms with Crippen molar-refractivity contribution in [2.45, 2.75) is 84.3 Å². The molecule has 0 bridgehead atoms. The summed E-state index contributed by atoms with van der Waals surface area (Å²) in [4.78, 5) is 16.4. The van der Waals surface area contributed by atoms with Gasteiger partial charge in [0.15, 0.2) is 6.23 Å². The molecule has 8 nitrogen and oxygen atoms in total. The molecule has 1 saturated heterocycles. The summed E-state index contributed by atoms with van der Waals surface area (Å²) in [6.07, 6.45) is -1.41. The van der Waals surface area contributed by atoms with Crippen molar-refractivity contribution in [2.24, 2.45) is 0 Å². The lowest BCUT2D eigenvalue weighted by Gasteiger charge is -2.23. The van der Waals surface area contributed by atoms with E-state index in [0.29, 0.717) is 5.82 Å². The topological polar surface area (TPSA) is 94.8 Å². The van der Waals surface area contributed by atoms with Gasteiger partial charge in [0.1, 0.15) is 24.1 Å². The Morgan fingerprint density at radius 1 is 1.27 bits per heavy atom. The zero-order valence-corrected chi connectivity index (χ0v) is 16.4. The molecule has 2 heterocycles. The summed E-state index contributed by atoms with van der Waals surface area (Å²) >= 11 is 0. The molecule has 0 aromatic carbocycles. The average molecular weight is 369 g/mol.